The number of amides is 1. The van der Waals surface area contributed by atoms with E-state index in [1.807, 2.05) is 65.8 Å². The molecule has 0 bridgehead atoms. The summed E-state index contributed by atoms with van der Waals surface area (Å²) in [5, 5.41) is 2.37. The zero-order valence-corrected chi connectivity index (χ0v) is 22.2. The van der Waals surface area contributed by atoms with E-state index in [1.165, 1.54) is 10.8 Å². The van der Waals surface area contributed by atoms with Crippen LogP contribution >= 0.6 is 0 Å². The number of ether oxygens (including phenoxy) is 2. The molecule has 4 aromatic rings. The first kappa shape index (κ1) is 25.2. The Kier molecular flexibility index (Phi) is 7.02. The lowest BCUT2D eigenvalue weighted by Gasteiger charge is -2.28. The average Bonchev–Trinajstić information content (AvgIpc) is 2.82. The first-order valence-corrected chi connectivity index (χ1v) is 12.2. The van der Waals surface area contributed by atoms with Gasteiger partial charge in [-0.25, -0.2) is 4.79 Å². The third-order valence-electron chi connectivity index (χ3n) is 6.13. The Bertz CT molecular complexity index is 1420. The third kappa shape index (κ3) is 5.51. The molecule has 5 heteroatoms. The molecule has 3 aromatic carbocycles. The highest BCUT2D eigenvalue weighted by atomic mass is 16.6. The molecule has 0 saturated heterocycles. The van der Waals surface area contributed by atoms with Crippen molar-refractivity contribution >= 4 is 22.6 Å². The number of pyridine rings is 1. The molecule has 5 nitrogen and oxygen atoms in total. The van der Waals surface area contributed by atoms with Crippen LogP contribution in [-0.2, 0) is 11.3 Å². The van der Waals surface area contributed by atoms with E-state index in [0.29, 0.717) is 0 Å². The molecule has 36 heavy (non-hydrogen) atoms. The lowest BCUT2D eigenvalue weighted by atomic mass is 9.99. The molecule has 0 atom stereocenters. The van der Waals surface area contributed by atoms with Crippen molar-refractivity contribution in [2.75, 3.05) is 12.0 Å². The number of carbonyl (C=O) groups is 1. The number of anilines is 1. The van der Waals surface area contributed by atoms with Crippen molar-refractivity contribution in [3.05, 3.63) is 89.2 Å². The summed E-state index contributed by atoms with van der Waals surface area (Å²) in [6, 6.07) is 20.9. The van der Waals surface area contributed by atoms with Gasteiger partial charge in [-0.1, -0.05) is 42.5 Å². The average molecular weight is 483 g/mol. The molecule has 0 unspecified atom stereocenters. The van der Waals surface area contributed by atoms with Crippen molar-refractivity contribution in [1.29, 1.82) is 0 Å². The van der Waals surface area contributed by atoms with Gasteiger partial charge in [0.25, 0.3) is 0 Å². The van der Waals surface area contributed by atoms with Gasteiger partial charge >= 0.3 is 6.09 Å². The van der Waals surface area contributed by atoms with Crippen LogP contribution < -0.4 is 9.64 Å². The van der Waals surface area contributed by atoms with Gasteiger partial charge < -0.3 is 9.47 Å². The van der Waals surface area contributed by atoms with Gasteiger partial charge in [0, 0.05) is 23.0 Å². The van der Waals surface area contributed by atoms with E-state index in [-0.39, 0.29) is 6.54 Å². The number of fused-ring (bicyclic) bond motifs is 1. The van der Waals surface area contributed by atoms with Gasteiger partial charge in [-0.3, -0.25) is 9.88 Å². The van der Waals surface area contributed by atoms with E-state index in [4.69, 9.17) is 9.47 Å². The minimum absolute atomic E-state index is 0.262. The first-order chi connectivity index (χ1) is 17.1. The van der Waals surface area contributed by atoms with Gasteiger partial charge in [0.2, 0.25) is 0 Å². The van der Waals surface area contributed by atoms with E-state index >= 15 is 0 Å². The minimum atomic E-state index is -0.631. The largest absolute Gasteiger partial charge is 0.496 e. The van der Waals surface area contributed by atoms with Gasteiger partial charge in [-0.2, -0.15) is 0 Å². The summed E-state index contributed by atoms with van der Waals surface area (Å²) in [4.78, 5) is 19.8. The Morgan fingerprint density at radius 3 is 2.33 bits per heavy atom. The highest BCUT2D eigenvalue weighted by molar-refractivity contribution is 5.91. The fourth-order valence-corrected chi connectivity index (χ4v) is 4.41. The smallest absolute Gasteiger partial charge is 0.415 e. The monoisotopic (exact) mass is 482 g/mol. The van der Waals surface area contributed by atoms with Crippen LogP contribution in [0.5, 0.6) is 5.75 Å². The Balaban J connectivity index is 1.80. The molecule has 0 aliphatic heterocycles. The normalized spacial score (nSPS) is 11.4. The third-order valence-corrected chi connectivity index (χ3v) is 6.13. The molecule has 0 N–H and O–H groups in total. The molecule has 1 aromatic heterocycles. The molecule has 186 valence electrons. The number of nitrogens with zero attached hydrogens (tertiary/aromatic N) is 2. The molecule has 1 amide bonds. The summed E-state index contributed by atoms with van der Waals surface area (Å²) >= 11 is 0. The summed E-state index contributed by atoms with van der Waals surface area (Å²) < 4.78 is 11.4. The number of hydrogen-bond donors (Lipinski definition) is 0. The van der Waals surface area contributed by atoms with Gasteiger partial charge in [0.05, 0.1) is 19.3 Å². The van der Waals surface area contributed by atoms with E-state index < -0.39 is 11.7 Å². The van der Waals surface area contributed by atoms with Crippen LogP contribution in [0.1, 0.15) is 43.2 Å². The first-order valence-electron chi connectivity index (χ1n) is 12.2. The number of hydrogen-bond acceptors (Lipinski definition) is 4. The van der Waals surface area contributed by atoms with Crippen LogP contribution in [-0.4, -0.2) is 23.8 Å². The van der Waals surface area contributed by atoms with Crippen LogP contribution in [0.4, 0.5) is 10.5 Å². The number of methoxy groups -OCH3 is 1. The number of carbonyl (C=O) groups excluding carboxylic acids is 1. The van der Waals surface area contributed by atoms with Gasteiger partial charge in [-0.05, 0) is 87.2 Å². The van der Waals surface area contributed by atoms with Crippen LogP contribution in [0.25, 0.3) is 21.9 Å². The number of aryl methyl sites for hydroxylation is 2. The van der Waals surface area contributed by atoms with E-state index in [9.17, 15) is 4.79 Å². The van der Waals surface area contributed by atoms with Crippen LogP contribution in [0, 0.1) is 20.8 Å². The minimum Gasteiger partial charge on any atom is -0.496 e. The molecule has 0 aliphatic rings. The van der Waals surface area contributed by atoms with Crippen molar-refractivity contribution in [3.63, 3.8) is 0 Å². The van der Waals surface area contributed by atoms with Gasteiger partial charge in [0.1, 0.15) is 11.4 Å². The Morgan fingerprint density at radius 1 is 0.917 bits per heavy atom. The number of aromatic nitrogens is 1. The second-order valence-electron chi connectivity index (χ2n) is 10.2. The SMILES string of the molecule is COc1c(C)cnc(CN(C(=O)OC(C)(C)C)c2cc(C)cc(-c3ccc4ccccc4c3)c2)c1C. The lowest BCUT2D eigenvalue weighted by molar-refractivity contribution is 0.0577. The van der Waals surface area contributed by atoms with Crippen LogP contribution in [0.3, 0.4) is 0 Å². The molecular formula is C31H34N2O3. The predicted molar refractivity (Wildman–Crippen MR) is 147 cm³/mol. The molecule has 0 saturated carbocycles. The van der Waals surface area contributed by atoms with Crippen molar-refractivity contribution in [2.45, 2.75) is 53.7 Å². The van der Waals surface area contributed by atoms with Gasteiger partial charge in [0.15, 0.2) is 0 Å². The van der Waals surface area contributed by atoms with Crippen molar-refractivity contribution in [3.8, 4) is 16.9 Å². The fraction of sp³-hybridized carbons (Fsp3) is 0.290. The van der Waals surface area contributed by atoms with Crippen LogP contribution in [0.2, 0.25) is 0 Å². The molecule has 1 heterocycles. The Hall–Kier alpha value is -3.86. The van der Waals surface area contributed by atoms with E-state index in [0.717, 1.165) is 44.9 Å². The summed E-state index contributed by atoms with van der Waals surface area (Å²) in [5.74, 6) is 0.783. The molecule has 0 aliphatic carbocycles. The maximum absolute atomic E-state index is 13.5. The molecule has 0 fully saturated rings. The standard InChI is InChI=1S/C31H34N2O3/c1-20-14-26(25-13-12-23-10-8-9-11-24(23)16-25)17-27(15-20)33(30(34)36-31(4,5)6)19-28-22(3)29(35-7)21(2)18-32-28/h8-18H,19H2,1-7H3. The second kappa shape index (κ2) is 10.0. The van der Waals surface area contributed by atoms with Crippen molar-refractivity contribution in [2.24, 2.45) is 0 Å². The summed E-state index contributed by atoms with van der Waals surface area (Å²) in [6.07, 6.45) is 1.36. The summed E-state index contributed by atoms with van der Waals surface area (Å²) in [7, 11) is 1.65. The van der Waals surface area contributed by atoms with E-state index in [1.54, 1.807) is 18.2 Å². The molecule has 0 radical (unpaired) electrons. The zero-order valence-electron chi connectivity index (χ0n) is 22.2. The quantitative estimate of drug-likeness (QED) is 0.291. The van der Waals surface area contributed by atoms with Crippen molar-refractivity contribution < 1.29 is 14.3 Å². The Labute approximate surface area is 213 Å². The number of benzene rings is 3. The topological polar surface area (TPSA) is 51.7 Å². The van der Waals surface area contributed by atoms with E-state index in [2.05, 4.69) is 41.4 Å². The summed E-state index contributed by atoms with van der Waals surface area (Å²) in [5.41, 5.74) is 5.93. The molecular weight excluding hydrogens is 448 g/mol. The zero-order chi connectivity index (χ0) is 26.0. The molecule has 0 spiro atoms. The Morgan fingerprint density at radius 2 is 1.64 bits per heavy atom. The molecule has 4 rings (SSSR count). The highest BCUT2D eigenvalue weighted by Crippen LogP contribution is 2.32. The number of rotatable bonds is 5. The highest BCUT2D eigenvalue weighted by Gasteiger charge is 2.26. The predicted octanol–water partition coefficient (Wildman–Crippen LogP) is 7.78. The van der Waals surface area contributed by atoms with Crippen LogP contribution in [0.15, 0.2) is 66.9 Å². The lowest BCUT2D eigenvalue weighted by Crippen LogP contribution is -2.37. The maximum atomic E-state index is 13.5. The second-order valence-corrected chi connectivity index (χ2v) is 10.2. The maximum Gasteiger partial charge on any atom is 0.415 e. The summed E-state index contributed by atoms with van der Waals surface area (Å²) in [6.45, 7) is 11.9. The van der Waals surface area contributed by atoms with Crippen molar-refractivity contribution in [1.82, 2.24) is 4.98 Å². The fourth-order valence-electron chi connectivity index (χ4n) is 4.41. The van der Waals surface area contributed by atoms with Gasteiger partial charge in [-0.15, -0.1) is 0 Å².